The van der Waals surface area contributed by atoms with Crippen molar-refractivity contribution in [2.75, 3.05) is 18.5 Å². The lowest BCUT2D eigenvalue weighted by Gasteiger charge is -2.30. The number of hydrogen-bond acceptors (Lipinski definition) is 7. The molecule has 2 aliphatic heterocycles. The Labute approximate surface area is 362 Å². The summed E-state index contributed by atoms with van der Waals surface area (Å²) in [4.78, 5) is 64.3. The molecule has 61 heavy (non-hydrogen) atoms. The highest BCUT2D eigenvalue weighted by molar-refractivity contribution is 7.80. The summed E-state index contributed by atoms with van der Waals surface area (Å²) < 4.78 is 36.1. The van der Waals surface area contributed by atoms with Gasteiger partial charge in [0.05, 0.1) is 22.8 Å². The molecule has 1 aromatic heterocycles. The summed E-state index contributed by atoms with van der Waals surface area (Å²) >= 11 is 12.2. The number of nitrogens with zero attached hydrogens (tertiary/aromatic N) is 2. The third-order valence-electron chi connectivity index (χ3n) is 11.8. The highest BCUT2D eigenvalue weighted by atomic mass is 35.5. The van der Waals surface area contributed by atoms with Gasteiger partial charge in [-0.15, -0.1) is 0 Å². The normalized spacial score (nSPS) is 17.6. The van der Waals surface area contributed by atoms with Crippen molar-refractivity contribution in [3.8, 4) is 16.9 Å². The fourth-order valence-corrected chi connectivity index (χ4v) is 8.95. The molecule has 1 saturated carbocycles. The van der Waals surface area contributed by atoms with Gasteiger partial charge in [-0.3, -0.25) is 29.3 Å². The molecule has 2 fully saturated rings. The minimum absolute atomic E-state index is 0.155. The number of carbonyl (C=O) groups excluding carboxylic acids is 5. The van der Waals surface area contributed by atoms with E-state index in [1.54, 1.807) is 24.3 Å². The van der Waals surface area contributed by atoms with Crippen LogP contribution in [0.2, 0.25) is 5.02 Å². The second kappa shape index (κ2) is 19.1. The zero-order valence-corrected chi connectivity index (χ0v) is 35.3. The van der Waals surface area contributed by atoms with Crippen molar-refractivity contribution in [1.82, 2.24) is 20.1 Å². The Morgan fingerprint density at radius 1 is 0.934 bits per heavy atom. The first-order valence-electron chi connectivity index (χ1n) is 20.9. The summed E-state index contributed by atoms with van der Waals surface area (Å²) in [5, 5.41) is 9.32. The summed E-state index contributed by atoms with van der Waals surface area (Å²) in [7, 11) is 0. The zero-order valence-electron chi connectivity index (χ0n) is 33.7. The van der Waals surface area contributed by atoms with Crippen LogP contribution in [-0.2, 0) is 25.7 Å². The molecule has 1 unspecified atom stereocenters. The molecule has 0 bridgehead atoms. The van der Waals surface area contributed by atoms with Crippen LogP contribution in [-0.4, -0.2) is 69.1 Å². The Morgan fingerprint density at radius 3 is 2.43 bits per heavy atom. The third-order valence-corrected chi connectivity index (χ3v) is 12.4. The van der Waals surface area contributed by atoms with Crippen molar-refractivity contribution in [1.29, 1.82) is 0 Å². The Hall–Kier alpha value is -5.41. The maximum absolute atomic E-state index is 14.2. The van der Waals surface area contributed by atoms with Crippen LogP contribution in [0.25, 0.3) is 22.0 Å². The van der Waals surface area contributed by atoms with Gasteiger partial charge in [0.15, 0.2) is 6.61 Å². The molecule has 3 heterocycles. The van der Waals surface area contributed by atoms with Crippen LogP contribution < -0.4 is 26.4 Å². The van der Waals surface area contributed by atoms with Gasteiger partial charge < -0.3 is 30.6 Å². The summed E-state index contributed by atoms with van der Waals surface area (Å²) in [5.41, 5.74) is 10.5. The quantitative estimate of drug-likeness (QED) is 0.0472. The van der Waals surface area contributed by atoms with Crippen LogP contribution in [0.4, 0.5) is 14.5 Å². The summed E-state index contributed by atoms with van der Waals surface area (Å²) in [6.45, 7) is 0.415. The van der Waals surface area contributed by atoms with E-state index < -0.39 is 17.9 Å². The van der Waals surface area contributed by atoms with Crippen molar-refractivity contribution in [3.63, 3.8) is 0 Å². The molecule has 1 aliphatic carbocycles. The number of ether oxygens (including phenoxy) is 1. The average Bonchev–Trinajstić information content (AvgIpc) is 3.79. The van der Waals surface area contributed by atoms with E-state index in [-0.39, 0.29) is 73.5 Å². The van der Waals surface area contributed by atoms with Gasteiger partial charge in [-0.1, -0.05) is 79.8 Å². The number of piperidine rings is 1. The predicted molar refractivity (Wildman–Crippen MR) is 233 cm³/mol. The monoisotopic (exact) mass is 874 g/mol. The van der Waals surface area contributed by atoms with Crippen LogP contribution >= 0.6 is 23.8 Å². The Bertz CT molecular complexity index is 2360. The number of nitrogens with one attached hydrogen (secondary N) is 3. The van der Waals surface area contributed by atoms with Crippen molar-refractivity contribution in [2.24, 2.45) is 5.73 Å². The molecule has 3 aliphatic rings. The number of unbranched alkanes of at least 4 members (excludes halogenated alkanes) is 5. The Morgan fingerprint density at radius 2 is 1.67 bits per heavy atom. The highest BCUT2D eigenvalue weighted by Gasteiger charge is 2.40. The first-order valence-corrected chi connectivity index (χ1v) is 21.7. The van der Waals surface area contributed by atoms with Gasteiger partial charge in [0, 0.05) is 72.1 Å². The third kappa shape index (κ3) is 10.2. The van der Waals surface area contributed by atoms with E-state index in [0.29, 0.717) is 70.9 Å². The number of anilines is 1. The number of imide groups is 1. The molecular formula is C45H49ClF2N6O6S. The second-order valence-electron chi connectivity index (χ2n) is 16.0. The van der Waals surface area contributed by atoms with E-state index in [0.717, 1.165) is 48.6 Å². The smallest absolute Gasteiger partial charge is 0.257 e. The number of aromatic nitrogens is 1. The SMILES string of the molecule is NC(=S)c1cccc(-c2cn(C3CCC(F)(F)CC3)c3c(Cl)c(NC(=O)CCCCCCCCNC(=O)COc4cccc5c4CN(C4CCC(=O)NC4=O)C5=O)ccc23)c1. The van der Waals surface area contributed by atoms with E-state index in [9.17, 15) is 32.8 Å². The number of benzene rings is 3. The number of alkyl halides is 2. The first kappa shape index (κ1) is 43.7. The maximum Gasteiger partial charge on any atom is 0.257 e. The number of halogens is 3. The molecular weight excluding hydrogens is 826 g/mol. The molecule has 322 valence electrons. The van der Waals surface area contributed by atoms with E-state index in [2.05, 4.69) is 16.0 Å². The van der Waals surface area contributed by atoms with Crippen LogP contribution in [0, 0.1) is 0 Å². The van der Waals surface area contributed by atoms with Crippen LogP contribution in [0.3, 0.4) is 0 Å². The standard InChI is InChI=1S/C45H49ClF2N6O6S/c46-40-34(15-14-30-32(27-9-7-10-28(23-27)42(49)61)24-53(41(30)40)29-18-20-45(47,48)21-19-29)51-37(55)13-5-3-1-2-4-6-22-50-39(57)26-60-36-12-8-11-31-33(36)25-54(44(31)59)35-16-17-38(56)52-43(35)58/h7-12,14-15,23-24,29,35H,1-6,13,16-22,25-26H2,(H2,49,61)(H,50,57)(H,51,55)(H,52,56,58). The van der Waals surface area contributed by atoms with E-state index >= 15 is 0 Å². The Kier molecular flexibility index (Phi) is 13.7. The molecule has 16 heteroatoms. The number of hydrogen-bond donors (Lipinski definition) is 4. The predicted octanol–water partition coefficient (Wildman–Crippen LogP) is 7.97. The molecule has 0 spiro atoms. The van der Waals surface area contributed by atoms with Gasteiger partial charge in [-0.25, -0.2) is 8.78 Å². The highest BCUT2D eigenvalue weighted by Crippen LogP contribution is 2.45. The number of thiocarbonyl (C=S) groups is 1. The fourth-order valence-electron chi connectivity index (χ4n) is 8.51. The largest absolute Gasteiger partial charge is 0.483 e. The summed E-state index contributed by atoms with van der Waals surface area (Å²) in [6, 6.07) is 15.3. The van der Waals surface area contributed by atoms with E-state index in [1.807, 2.05) is 41.1 Å². The van der Waals surface area contributed by atoms with Gasteiger partial charge in [-0.05, 0) is 61.9 Å². The lowest BCUT2D eigenvalue weighted by Crippen LogP contribution is -2.52. The summed E-state index contributed by atoms with van der Waals surface area (Å²) in [5.74, 6) is -3.88. The number of carbonyl (C=O) groups is 5. The lowest BCUT2D eigenvalue weighted by molar-refractivity contribution is -0.137. The molecule has 12 nitrogen and oxygen atoms in total. The number of nitrogens with two attached hydrogens (primary N) is 1. The summed E-state index contributed by atoms with van der Waals surface area (Å²) in [6.07, 6.45) is 7.99. The molecule has 7 rings (SSSR count). The average molecular weight is 875 g/mol. The zero-order chi connectivity index (χ0) is 43.3. The molecule has 3 aromatic carbocycles. The van der Waals surface area contributed by atoms with Crippen molar-refractivity contribution >= 4 is 74.9 Å². The van der Waals surface area contributed by atoms with Crippen LogP contribution in [0.15, 0.2) is 60.8 Å². The van der Waals surface area contributed by atoms with Crippen molar-refractivity contribution in [2.45, 2.75) is 108 Å². The minimum atomic E-state index is -2.69. The fraction of sp³-hybridized carbons (Fsp3) is 0.422. The first-order chi connectivity index (χ1) is 29.3. The van der Waals surface area contributed by atoms with E-state index in [1.165, 1.54) is 4.90 Å². The molecule has 4 aromatic rings. The van der Waals surface area contributed by atoms with E-state index in [4.69, 9.17) is 34.3 Å². The molecule has 1 saturated heterocycles. The maximum atomic E-state index is 14.2. The second-order valence-corrected chi connectivity index (χ2v) is 16.9. The van der Waals surface area contributed by atoms with Crippen LogP contribution in [0.1, 0.15) is 111 Å². The minimum Gasteiger partial charge on any atom is -0.483 e. The molecule has 5 amide bonds. The van der Waals surface area contributed by atoms with Gasteiger partial charge in [-0.2, -0.15) is 0 Å². The molecule has 5 N–H and O–H groups in total. The lowest BCUT2D eigenvalue weighted by atomic mass is 9.92. The number of rotatable bonds is 17. The van der Waals surface area contributed by atoms with Crippen molar-refractivity contribution in [3.05, 3.63) is 82.5 Å². The van der Waals surface area contributed by atoms with Crippen LogP contribution in [0.5, 0.6) is 5.75 Å². The van der Waals surface area contributed by atoms with Crippen molar-refractivity contribution < 1.29 is 37.5 Å². The number of amides is 5. The van der Waals surface area contributed by atoms with Gasteiger partial charge >= 0.3 is 0 Å². The Balaban J connectivity index is 0.832. The molecule has 0 radical (unpaired) electrons. The number of fused-ring (bicyclic) bond motifs is 2. The van der Waals surface area contributed by atoms with Gasteiger partial charge in [0.25, 0.3) is 11.8 Å². The van der Waals surface area contributed by atoms with Gasteiger partial charge in [0.2, 0.25) is 23.6 Å². The topological polar surface area (TPSA) is 165 Å². The van der Waals surface area contributed by atoms with Gasteiger partial charge in [0.1, 0.15) is 16.8 Å². The molecule has 1 atom stereocenters.